The average Bonchev–Trinajstić information content (AvgIpc) is 3.13. The van der Waals surface area contributed by atoms with E-state index in [0.717, 1.165) is 22.4 Å². The molecule has 29 heavy (non-hydrogen) atoms. The first-order valence-corrected chi connectivity index (χ1v) is 9.50. The van der Waals surface area contributed by atoms with E-state index in [0.29, 0.717) is 17.2 Å². The summed E-state index contributed by atoms with van der Waals surface area (Å²) in [5, 5.41) is 11.5. The minimum atomic E-state index is 0.415. The largest absolute Gasteiger partial charge is 0.489 e. The number of hydrogen-bond acceptors (Lipinski definition) is 5. The summed E-state index contributed by atoms with van der Waals surface area (Å²) in [6, 6.07) is 19.8. The molecule has 144 valence electrons. The van der Waals surface area contributed by atoms with Crippen LogP contribution in [-0.2, 0) is 6.61 Å². The number of ether oxygens (including phenoxy) is 1. The summed E-state index contributed by atoms with van der Waals surface area (Å²) in [5.74, 6) is 1.41. The lowest BCUT2D eigenvalue weighted by Gasteiger charge is -2.07. The van der Waals surface area contributed by atoms with E-state index in [-0.39, 0.29) is 0 Å². The standard InChI is InChI=1S/C22H19N5OS/c1-16-4-6-18(7-5-16)15-28-20-10-8-17(9-11-20)13-24-27-21(25-26-22(27)29)19-3-2-12-23-14-19/h2-14H,15H2,1H3,(H,26,29)/b24-13-. The highest BCUT2D eigenvalue weighted by atomic mass is 32.1. The number of pyridine rings is 1. The third kappa shape index (κ3) is 4.64. The fourth-order valence-electron chi connectivity index (χ4n) is 2.71. The van der Waals surface area contributed by atoms with Crippen LogP contribution < -0.4 is 4.74 Å². The number of H-pyrrole nitrogens is 1. The summed E-state index contributed by atoms with van der Waals surface area (Å²) >= 11 is 5.29. The third-order valence-electron chi connectivity index (χ3n) is 4.30. The van der Waals surface area contributed by atoms with Gasteiger partial charge in [0.25, 0.3) is 0 Å². The van der Waals surface area contributed by atoms with Crippen molar-refractivity contribution in [2.75, 3.05) is 0 Å². The number of nitrogens with one attached hydrogen (secondary N) is 1. The first kappa shape index (κ1) is 18.8. The monoisotopic (exact) mass is 401 g/mol. The van der Waals surface area contributed by atoms with Crippen molar-refractivity contribution in [1.29, 1.82) is 0 Å². The van der Waals surface area contributed by atoms with Gasteiger partial charge in [0.1, 0.15) is 12.4 Å². The van der Waals surface area contributed by atoms with Gasteiger partial charge in [0, 0.05) is 18.0 Å². The minimum absolute atomic E-state index is 0.415. The van der Waals surface area contributed by atoms with Gasteiger partial charge in [-0.25, -0.2) is 5.10 Å². The highest BCUT2D eigenvalue weighted by molar-refractivity contribution is 7.71. The number of hydrogen-bond donors (Lipinski definition) is 1. The number of aryl methyl sites for hydroxylation is 1. The molecule has 2 aromatic carbocycles. The van der Waals surface area contributed by atoms with E-state index < -0.39 is 0 Å². The minimum Gasteiger partial charge on any atom is -0.489 e. The van der Waals surface area contributed by atoms with Crippen molar-refractivity contribution < 1.29 is 4.74 Å². The molecule has 0 radical (unpaired) electrons. The lowest BCUT2D eigenvalue weighted by atomic mass is 10.2. The highest BCUT2D eigenvalue weighted by Crippen LogP contribution is 2.16. The van der Waals surface area contributed by atoms with Gasteiger partial charge in [0.15, 0.2) is 5.82 Å². The van der Waals surface area contributed by atoms with Gasteiger partial charge < -0.3 is 4.74 Å². The van der Waals surface area contributed by atoms with Gasteiger partial charge in [-0.1, -0.05) is 29.8 Å². The molecule has 2 heterocycles. The molecule has 0 spiro atoms. The zero-order chi connectivity index (χ0) is 20.1. The summed E-state index contributed by atoms with van der Waals surface area (Å²) in [5.41, 5.74) is 4.13. The fraction of sp³-hybridized carbons (Fsp3) is 0.0909. The fourth-order valence-corrected chi connectivity index (χ4v) is 2.89. The van der Waals surface area contributed by atoms with Crippen molar-refractivity contribution in [2.45, 2.75) is 13.5 Å². The molecule has 0 fully saturated rings. The van der Waals surface area contributed by atoms with E-state index in [1.165, 1.54) is 5.56 Å². The zero-order valence-corrected chi connectivity index (χ0v) is 16.6. The Kier molecular flexibility index (Phi) is 5.58. The van der Waals surface area contributed by atoms with Crippen LogP contribution in [0.1, 0.15) is 16.7 Å². The lowest BCUT2D eigenvalue weighted by molar-refractivity contribution is 0.306. The molecule has 0 aliphatic carbocycles. The maximum Gasteiger partial charge on any atom is 0.216 e. The van der Waals surface area contributed by atoms with Crippen LogP contribution in [0.3, 0.4) is 0 Å². The van der Waals surface area contributed by atoms with Crippen LogP contribution in [0.4, 0.5) is 0 Å². The molecular formula is C22H19N5OS. The van der Waals surface area contributed by atoms with Crippen molar-refractivity contribution in [3.05, 3.63) is 94.5 Å². The van der Waals surface area contributed by atoms with E-state index in [2.05, 4.69) is 51.5 Å². The molecule has 0 atom stereocenters. The maximum absolute atomic E-state index is 5.85. The van der Waals surface area contributed by atoms with Crippen LogP contribution in [0.5, 0.6) is 5.75 Å². The van der Waals surface area contributed by atoms with Gasteiger partial charge >= 0.3 is 0 Å². The van der Waals surface area contributed by atoms with Crippen molar-refractivity contribution in [2.24, 2.45) is 5.10 Å². The zero-order valence-electron chi connectivity index (χ0n) is 15.8. The smallest absolute Gasteiger partial charge is 0.216 e. The van der Waals surface area contributed by atoms with Gasteiger partial charge in [-0.15, -0.1) is 0 Å². The number of rotatable bonds is 6. The number of aromatic amines is 1. The molecule has 0 saturated heterocycles. The Morgan fingerprint density at radius 3 is 2.62 bits per heavy atom. The second-order valence-corrected chi connectivity index (χ2v) is 6.88. The van der Waals surface area contributed by atoms with E-state index in [1.54, 1.807) is 23.3 Å². The Bertz CT molecular complexity index is 1160. The predicted molar refractivity (Wildman–Crippen MR) is 116 cm³/mol. The quantitative estimate of drug-likeness (QED) is 0.373. The predicted octanol–water partition coefficient (Wildman–Crippen LogP) is 4.77. The molecule has 0 bridgehead atoms. The van der Waals surface area contributed by atoms with Crippen molar-refractivity contribution >= 4 is 18.4 Å². The SMILES string of the molecule is Cc1ccc(COc2ccc(/C=N\n3c(-c4cccnc4)n[nH]c3=S)cc2)cc1. The second kappa shape index (κ2) is 8.62. The Labute approximate surface area is 173 Å². The molecule has 6 nitrogen and oxygen atoms in total. The van der Waals surface area contributed by atoms with Gasteiger partial charge in [-0.3, -0.25) is 4.98 Å². The summed E-state index contributed by atoms with van der Waals surface area (Å²) in [6.45, 7) is 2.60. The summed E-state index contributed by atoms with van der Waals surface area (Å²) in [6.07, 6.45) is 5.16. The molecule has 0 amide bonds. The summed E-state index contributed by atoms with van der Waals surface area (Å²) in [4.78, 5) is 4.12. The van der Waals surface area contributed by atoms with E-state index >= 15 is 0 Å². The Balaban J connectivity index is 1.45. The van der Waals surface area contributed by atoms with Crippen LogP contribution in [0.15, 0.2) is 78.2 Å². The Morgan fingerprint density at radius 2 is 1.90 bits per heavy atom. The average molecular weight is 401 g/mol. The first-order valence-electron chi connectivity index (χ1n) is 9.09. The molecular weight excluding hydrogens is 382 g/mol. The van der Waals surface area contributed by atoms with Gasteiger partial charge in [-0.2, -0.15) is 14.9 Å². The second-order valence-electron chi connectivity index (χ2n) is 6.49. The molecule has 1 N–H and O–H groups in total. The third-order valence-corrected chi connectivity index (χ3v) is 4.56. The highest BCUT2D eigenvalue weighted by Gasteiger charge is 2.07. The molecule has 4 aromatic rings. The van der Waals surface area contributed by atoms with Crippen LogP contribution >= 0.6 is 12.2 Å². The van der Waals surface area contributed by atoms with Crippen molar-refractivity contribution in [3.63, 3.8) is 0 Å². The maximum atomic E-state index is 5.85. The van der Waals surface area contributed by atoms with E-state index in [9.17, 15) is 0 Å². The molecule has 0 saturated carbocycles. The van der Waals surface area contributed by atoms with Gasteiger partial charge in [0.05, 0.1) is 6.21 Å². The van der Waals surface area contributed by atoms with Crippen LogP contribution in [0.25, 0.3) is 11.4 Å². The van der Waals surface area contributed by atoms with Crippen molar-refractivity contribution in [3.8, 4) is 17.1 Å². The topological polar surface area (TPSA) is 68.1 Å². The molecule has 7 heteroatoms. The van der Waals surface area contributed by atoms with Gasteiger partial charge in [0.2, 0.25) is 4.77 Å². The molecule has 0 unspecified atom stereocenters. The van der Waals surface area contributed by atoms with E-state index in [1.807, 2.05) is 36.4 Å². The van der Waals surface area contributed by atoms with Crippen LogP contribution in [0.2, 0.25) is 0 Å². The first-order chi connectivity index (χ1) is 14.2. The van der Waals surface area contributed by atoms with E-state index in [4.69, 9.17) is 17.0 Å². The Morgan fingerprint density at radius 1 is 1.10 bits per heavy atom. The molecule has 2 aromatic heterocycles. The van der Waals surface area contributed by atoms with Crippen molar-refractivity contribution in [1.82, 2.24) is 19.9 Å². The Hall–Kier alpha value is -3.58. The van der Waals surface area contributed by atoms with Crippen LogP contribution in [-0.4, -0.2) is 26.1 Å². The molecule has 0 aliphatic rings. The normalized spacial score (nSPS) is 11.1. The summed E-state index contributed by atoms with van der Waals surface area (Å²) < 4.78 is 7.84. The summed E-state index contributed by atoms with van der Waals surface area (Å²) in [7, 11) is 0. The molecule has 0 aliphatic heterocycles. The molecule has 4 rings (SSSR count). The number of benzene rings is 2. The number of aromatic nitrogens is 4. The van der Waals surface area contributed by atoms with Gasteiger partial charge in [-0.05, 0) is 66.7 Å². The van der Waals surface area contributed by atoms with Crippen LogP contribution in [0, 0.1) is 11.7 Å². The number of nitrogens with zero attached hydrogens (tertiary/aromatic N) is 4. The lowest BCUT2D eigenvalue weighted by Crippen LogP contribution is -1.96.